The number of carbonyl (C=O) groups excluding carboxylic acids is 3. The van der Waals surface area contributed by atoms with Gasteiger partial charge in [-0.05, 0) is 78.6 Å². The maximum Gasteiger partial charge on any atom is 0.254 e. The van der Waals surface area contributed by atoms with E-state index in [2.05, 4.69) is 14.8 Å². The van der Waals surface area contributed by atoms with Crippen LogP contribution in [0.25, 0.3) is 10.9 Å². The molecule has 0 radical (unpaired) electrons. The monoisotopic (exact) mass is 786 g/mol. The number of aromatic amines is 1. The number of piperidine rings is 1. The number of rotatable bonds is 13. The summed E-state index contributed by atoms with van der Waals surface area (Å²) in [6, 6.07) is 12.9. The van der Waals surface area contributed by atoms with Gasteiger partial charge in [-0.3, -0.25) is 24.3 Å². The molecular weight excluding hydrogens is 737 g/mol. The molecular formula is C44H50F4N6O3. The number of para-hydroxylation sites is 1. The first-order chi connectivity index (χ1) is 27.6. The molecule has 2 atom stereocenters. The molecule has 0 saturated carbocycles. The predicted octanol–water partition coefficient (Wildman–Crippen LogP) is 6.83. The van der Waals surface area contributed by atoms with Crippen LogP contribution in [0.3, 0.4) is 0 Å². The minimum absolute atomic E-state index is 0.199. The van der Waals surface area contributed by atoms with Gasteiger partial charge >= 0.3 is 0 Å². The summed E-state index contributed by atoms with van der Waals surface area (Å²) in [4.78, 5) is 50.1. The van der Waals surface area contributed by atoms with E-state index < -0.39 is 36.7 Å². The Balaban J connectivity index is 0.870. The fourth-order valence-electron chi connectivity index (χ4n) is 9.83. The fraction of sp³-hybridized carbons (Fsp3) is 0.477. The van der Waals surface area contributed by atoms with Crippen LogP contribution in [0.4, 0.5) is 23.2 Å². The Hall–Kier alpha value is -4.59. The Labute approximate surface area is 330 Å². The number of likely N-dealkylation sites (tertiary alicyclic amines) is 1. The van der Waals surface area contributed by atoms with Gasteiger partial charge in [0.25, 0.3) is 12.3 Å². The smallest absolute Gasteiger partial charge is 0.254 e. The predicted molar refractivity (Wildman–Crippen MR) is 211 cm³/mol. The van der Waals surface area contributed by atoms with Crippen molar-refractivity contribution >= 4 is 35.1 Å². The number of aldehydes is 2. The molecule has 5 heterocycles. The number of hydrogen-bond acceptors (Lipinski definition) is 7. The van der Waals surface area contributed by atoms with Gasteiger partial charge in [0.05, 0.1) is 24.2 Å². The minimum atomic E-state index is -2.64. The average Bonchev–Trinajstić information content (AvgIpc) is 3.77. The number of alkyl halides is 2. The molecule has 8 rings (SSSR count). The van der Waals surface area contributed by atoms with Crippen LogP contribution in [-0.4, -0.2) is 114 Å². The van der Waals surface area contributed by atoms with Gasteiger partial charge in [-0.2, -0.15) is 0 Å². The van der Waals surface area contributed by atoms with Crippen LogP contribution in [0.15, 0.2) is 48.5 Å². The minimum Gasteiger partial charge on any atom is -0.371 e. The second-order valence-electron chi connectivity index (χ2n) is 16.4. The molecule has 1 unspecified atom stereocenters. The number of fused-ring (bicyclic) bond motifs is 4. The van der Waals surface area contributed by atoms with Crippen LogP contribution in [0, 0.1) is 17.6 Å². The molecule has 0 bridgehead atoms. The number of likely N-dealkylation sites (N-methyl/N-ethyl adjacent to an activating group) is 1. The van der Waals surface area contributed by atoms with Crippen LogP contribution in [0.2, 0.25) is 0 Å². The lowest BCUT2D eigenvalue weighted by Crippen LogP contribution is -2.57. The highest BCUT2D eigenvalue weighted by Crippen LogP contribution is 2.42. The third kappa shape index (κ3) is 7.61. The van der Waals surface area contributed by atoms with E-state index in [1.54, 1.807) is 7.05 Å². The van der Waals surface area contributed by atoms with Crippen molar-refractivity contribution in [1.82, 2.24) is 24.6 Å². The highest BCUT2D eigenvalue weighted by Gasteiger charge is 2.39. The Kier molecular flexibility index (Phi) is 11.3. The Bertz CT molecular complexity index is 2120. The van der Waals surface area contributed by atoms with E-state index in [4.69, 9.17) is 0 Å². The van der Waals surface area contributed by atoms with Gasteiger partial charge in [-0.1, -0.05) is 31.5 Å². The van der Waals surface area contributed by atoms with E-state index in [0.717, 1.165) is 79.1 Å². The first-order valence-corrected chi connectivity index (χ1v) is 20.2. The highest BCUT2D eigenvalue weighted by atomic mass is 19.3. The van der Waals surface area contributed by atoms with Crippen molar-refractivity contribution in [2.45, 2.75) is 76.7 Å². The van der Waals surface area contributed by atoms with E-state index in [9.17, 15) is 23.2 Å². The Morgan fingerprint density at radius 3 is 2.35 bits per heavy atom. The third-order valence-corrected chi connectivity index (χ3v) is 12.8. The van der Waals surface area contributed by atoms with Crippen LogP contribution >= 0.6 is 0 Å². The molecule has 302 valence electrons. The summed E-state index contributed by atoms with van der Waals surface area (Å²) in [6.07, 6.45) is 2.43. The number of anilines is 1. The average molecular weight is 787 g/mol. The number of carbonyl (C=O) groups is 3. The number of H-pyrrole nitrogens is 1. The van der Waals surface area contributed by atoms with Gasteiger partial charge in [-0.15, -0.1) is 0 Å². The van der Waals surface area contributed by atoms with E-state index >= 15 is 8.78 Å². The third-order valence-electron chi connectivity index (χ3n) is 12.8. The topological polar surface area (TPSA) is 83.2 Å². The second-order valence-corrected chi connectivity index (χ2v) is 16.4. The SMILES string of the molecule is CCCC(C=O)N(C)C(=O)c1cc2c(cc1C=O)CN(CC1CN(C3CCN(c4cc(F)c([C@@H]5c6[nH]c7ccccc7c6CCN5CC(F)F)c(F)c4)CC3)C1)C2. The summed E-state index contributed by atoms with van der Waals surface area (Å²) in [7, 11) is 1.61. The molecule has 2 saturated heterocycles. The zero-order valence-electron chi connectivity index (χ0n) is 32.5. The number of nitrogens with one attached hydrogen (secondary N) is 1. The molecule has 1 amide bonds. The van der Waals surface area contributed by atoms with Gasteiger partial charge in [-0.25, -0.2) is 17.6 Å². The zero-order chi connectivity index (χ0) is 40.0. The van der Waals surface area contributed by atoms with E-state index in [-0.39, 0.29) is 18.0 Å². The number of amides is 1. The zero-order valence-corrected chi connectivity index (χ0v) is 32.5. The summed E-state index contributed by atoms with van der Waals surface area (Å²) >= 11 is 0. The molecule has 3 aromatic carbocycles. The van der Waals surface area contributed by atoms with Crippen molar-refractivity contribution in [3.05, 3.63) is 99.2 Å². The molecule has 9 nitrogen and oxygen atoms in total. The molecule has 1 N–H and O–H groups in total. The van der Waals surface area contributed by atoms with Crippen LogP contribution in [0.5, 0.6) is 0 Å². The van der Waals surface area contributed by atoms with Crippen molar-refractivity contribution in [3.63, 3.8) is 0 Å². The van der Waals surface area contributed by atoms with Crippen molar-refractivity contribution in [3.8, 4) is 0 Å². The lowest BCUT2D eigenvalue weighted by molar-refractivity contribution is -0.111. The first-order valence-electron chi connectivity index (χ1n) is 20.2. The number of nitrogens with zero attached hydrogens (tertiary/aromatic N) is 5. The molecule has 13 heteroatoms. The molecule has 1 aromatic heterocycles. The summed E-state index contributed by atoms with van der Waals surface area (Å²) in [6.45, 7) is 7.18. The molecule has 4 aliphatic rings. The Morgan fingerprint density at radius 1 is 0.982 bits per heavy atom. The van der Waals surface area contributed by atoms with Crippen LogP contribution < -0.4 is 4.90 Å². The number of aromatic nitrogens is 1. The van der Waals surface area contributed by atoms with Crippen molar-refractivity contribution in [1.29, 1.82) is 0 Å². The van der Waals surface area contributed by atoms with Gasteiger partial charge in [0.1, 0.15) is 17.9 Å². The molecule has 0 aliphatic carbocycles. The quantitative estimate of drug-likeness (QED) is 0.118. The largest absolute Gasteiger partial charge is 0.371 e. The molecule has 2 fully saturated rings. The van der Waals surface area contributed by atoms with Crippen LogP contribution in [-0.2, 0) is 24.3 Å². The van der Waals surface area contributed by atoms with Gasteiger partial charge in [0, 0.05) is 98.9 Å². The van der Waals surface area contributed by atoms with E-state index in [1.165, 1.54) is 21.9 Å². The van der Waals surface area contributed by atoms with E-state index in [1.807, 2.05) is 48.2 Å². The normalized spacial score (nSPS) is 20.1. The molecule has 4 aliphatic heterocycles. The van der Waals surface area contributed by atoms with Gasteiger partial charge in [0.15, 0.2) is 6.29 Å². The van der Waals surface area contributed by atoms with Crippen LogP contribution in [0.1, 0.15) is 87.3 Å². The Morgan fingerprint density at radius 2 is 1.68 bits per heavy atom. The lowest BCUT2D eigenvalue weighted by Gasteiger charge is -2.48. The van der Waals surface area contributed by atoms with Gasteiger partial charge < -0.3 is 19.6 Å². The second kappa shape index (κ2) is 16.3. The number of hydrogen-bond donors (Lipinski definition) is 1. The highest BCUT2D eigenvalue weighted by molar-refractivity contribution is 6.02. The summed E-state index contributed by atoms with van der Waals surface area (Å²) in [5, 5.41) is 0.948. The molecule has 0 spiro atoms. The van der Waals surface area contributed by atoms with Crippen molar-refractivity contribution in [2.24, 2.45) is 5.92 Å². The number of benzene rings is 3. The maximum absolute atomic E-state index is 16.1. The summed E-state index contributed by atoms with van der Waals surface area (Å²) in [5.41, 5.74) is 5.35. The lowest BCUT2D eigenvalue weighted by atomic mass is 9.91. The number of halogens is 4. The maximum atomic E-state index is 16.1. The molecule has 57 heavy (non-hydrogen) atoms. The standard InChI is InChI=1S/C44H50F4N6O3/c1-3-6-32(26-56)50(2)44(57)36-16-29-23-51(22-28(29)15-30(36)25-55)19-27-20-54(21-27)31-9-12-52(13-10-31)33-17-37(45)41(38(46)18-33)43-42-35(11-14-53(43)24-40(47)48)34-7-4-5-8-39(34)49-42/h4-5,7-8,15-18,25-27,31-32,40,43,49H,3,6,9-14,19-24H2,1-2H3/t32?,43-/m1/s1. The molecule has 4 aromatic rings. The van der Waals surface area contributed by atoms with E-state index in [0.29, 0.717) is 73.5 Å². The fourth-order valence-corrected chi connectivity index (χ4v) is 9.83. The van der Waals surface area contributed by atoms with Crippen molar-refractivity contribution < 1.29 is 31.9 Å². The van der Waals surface area contributed by atoms with Gasteiger partial charge in [0.2, 0.25) is 0 Å². The first kappa shape index (κ1) is 39.2. The summed E-state index contributed by atoms with van der Waals surface area (Å²) < 4.78 is 59.7. The van der Waals surface area contributed by atoms with Crippen molar-refractivity contribution in [2.75, 3.05) is 57.8 Å². The summed E-state index contributed by atoms with van der Waals surface area (Å²) in [5.74, 6) is -1.29.